The largest absolute Gasteiger partial charge is 0.516 e. The summed E-state index contributed by atoms with van der Waals surface area (Å²) in [7, 11) is 0. The predicted molar refractivity (Wildman–Crippen MR) is 66.4 cm³/mol. The average Bonchev–Trinajstić information content (AvgIpc) is 2.37. The highest BCUT2D eigenvalue weighted by molar-refractivity contribution is 5.85. The number of hydrogen-bond acceptors (Lipinski definition) is 6. The predicted octanol–water partition coefficient (Wildman–Crippen LogP) is 0.825. The lowest BCUT2D eigenvalue weighted by Crippen LogP contribution is -2.53. The Morgan fingerprint density at radius 2 is 2.11 bits per heavy atom. The summed E-state index contributed by atoms with van der Waals surface area (Å²) in [6, 6.07) is -0.462. The number of rotatable bonds is 2. The van der Waals surface area contributed by atoms with Crippen LogP contribution in [0.25, 0.3) is 0 Å². The summed E-state index contributed by atoms with van der Waals surface area (Å²) >= 11 is 0. The molecule has 0 bridgehead atoms. The minimum atomic E-state index is -0.938. The van der Waals surface area contributed by atoms with Crippen LogP contribution in [0, 0.1) is 11.8 Å². The van der Waals surface area contributed by atoms with Crippen molar-refractivity contribution in [3.63, 3.8) is 0 Å². The summed E-state index contributed by atoms with van der Waals surface area (Å²) in [5, 5.41) is 12.8. The quantitative estimate of drug-likeness (QED) is 0.571. The van der Waals surface area contributed by atoms with Crippen LogP contribution in [0.1, 0.15) is 32.6 Å². The highest BCUT2D eigenvalue weighted by Gasteiger charge is 2.42. The first-order valence-electron chi connectivity index (χ1n) is 6.91. The lowest BCUT2D eigenvalue weighted by Gasteiger charge is -2.41. The summed E-state index contributed by atoms with van der Waals surface area (Å²) in [5.41, 5.74) is 0. The fourth-order valence-electron chi connectivity index (χ4n) is 3.16. The Morgan fingerprint density at radius 3 is 2.84 bits per heavy atom. The second kappa shape index (κ2) is 6.34. The molecule has 1 saturated heterocycles. The van der Waals surface area contributed by atoms with E-state index in [0.717, 1.165) is 19.3 Å². The molecule has 108 valence electrons. The number of aliphatic hydroxyl groups is 1. The van der Waals surface area contributed by atoms with E-state index in [-0.39, 0.29) is 18.6 Å². The molecular formula is C13H21NO5. The fraction of sp³-hybridized carbons (Fsp3) is 0.846. The summed E-state index contributed by atoms with van der Waals surface area (Å²) in [6.07, 6.45) is 1.96. The molecule has 2 rings (SSSR count). The van der Waals surface area contributed by atoms with Crippen molar-refractivity contribution in [2.75, 3.05) is 13.2 Å². The van der Waals surface area contributed by atoms with Crippen molar-refractivity contribution in [3.8, 4) is 0 Å². The maximum Gasteiger partial charge on any atom is 0.516 e. The van der Waals surface area contributed by atoms with Crippen LogP contribution in [0.2, 0.25) is 0 Å². The smallest absolute Gasteiger partial charge is 0.434 e. The number of nitrogens with one attached hydrogen (secondary N) is 1. The van der Waals surface area contributed by atoms with Gasteiger partial charge in [-0.1, -0.05) is 0 Å². The molecule has 1 saturated carbocycles. The van der Waals surface area contributed by atoms with Crippen LogP contribution in [-0.4, -0.2) is 42.5 Å². The van der Waals surface area contributed by atoms with E-state index >= 15 is 0 Å². The first-order valence-corrected chi connectivity index (χ1v) is 6.91. The number of esters is 1. The molecule has 4 atom stereocenters. The van der Waals surface area contributed by atoms with E-state index in [1.54, 1.807) is 6.92 Å². The summed E-state index contributed by atoms with van der Waals surface area (Å²) in [5.74, 6) is -0.103. The number of aliphatic hydroxyl groups excluding tert-OH is 1. The Kier molecular flexibility index (Phi) is 4.76. The van der Waals surface area contributed by atoms with Crippen molar-refractivity contribution in [3.05, 3.63) is 0 Å². The summed E-state index contributed by atoms with van der Waals surface area (Å²) in [4.78, 5) is 23.1. The van der Waals surface area contributed by atoms with Crippen LogP contribution >= 0.6 is 0 Å². The third kappa shape index (κ3) is 3.45. The van der Waals surface area contributed by atoms with Gasteiger partial charge in [0.15, 0.2) is 0 Å². The highest BCUT2D eigenvalue weighted by atomic mass is 16.7. The van der Waals surface area contributed by atoms with Gasteiger partial charge in [-0.05, 0) is 51.0 Å². The van der Waals surface area contributed by atoms with Gasteiger partial charge in [0.2, 0.25) is 0 Å². The maximum absolute atomic E-state index is 12.0. The zero-order valence-corrected chi connectivity index (χ0v) is 11.1. The van der Waals surface area contributed by atoms with E-state index in [0.29, 0.717) is 18.9 Å². The van der Waals surface area contributed by atoms with Crippen LogP contribution in [-0.2, 0) is 14.3 Å². The van der Waals surface area contributed by atoms with E-state index in [9.17, 15) is 14.7 Å². The lowest BCUT2D eigenvalue weighted by molar-refractivity contribution is -0.146. The van der Waals surface area contributed by atoms with E-state index in [2.05, 4.69) is 14.8 Å². The second-order valence-corrected chi connectivity index (χ2v) is 5.22. The molecule has 19 heavy (non-hydrogen) atoms. The molecule has 0 amide bonds. The molecule has 2 N–H and O–H groups in total. The van der Waals surface area contributed by atoms with Crippen LogP contribution in [0.3, 0.4) is 0 Å². The number of ether oxygens (including phenoxy) is 2. The molecule has 0 aromatic carbocycles. The minimum absolute atomic E-state index is 0.138. The van der Waals surface area contributed by atoms with Crippen molar-refractivity contribution in [2.45, 2.75) is 44.8 Å². The monoisotopic (exact) mass is 271 g/mol. The van der Waals surface area contributed by atoms with Crippen molar-refractivity contribution < 1.29 is 24.2 Å². The van der Waals surface area contributed by atoms with Crippen LogP contribution in [0.4, 0.5) is 4.79 Å². The SMILES string of the molecule is CCOC(=O)OC(=O)C1NCCC2CC(O)CCC21. The van der Waals surface area contributed by atoms with E-state index in [1.807, 2.05) is 0 Å². The minimum Gasteiger partial charge on any atom is -0.434 e. The number of carbonyl (C=O) groups is 2. The van der Waals surface area contributed by atoms with Crippen LogP contribution in [0.5, 0.6) is 0 Å². The van der Waals surface area contributed by atoms with Gasteiger partial charge in [0.25, 0.3) is 0 Å². The van der Waals surface area contributed by atoms with Crippen LogP contribution < -0.4 is 5.32 Å². The van der Waals surface area contributed by atoms with Crippen molar-refractivity contribution >= 4 is 12.1 Å². The fourth-order valence-corrected chi connectivity index (χ4v) is 3.16. The average molecular weight is 271 g/mol. The van der Waals surface area contributed by atoms with Gasteiger partial charge in [0, 0.05) is 0 Å². The Balaban J connectivity index is 1.95. The number of fused-ring (bicyclic) bond motifs is 1. The van der Waals surface area contributed by atoms with Crippen molar-refractivity contribution in [1.82, 2.24) is 5.32 Å². The molecule has 1 aliphatic carbocycles. The molecule has 0 aromatic heterocycles. The molecule has 6 heteroatoms. The van der Waals surface area contributed by atoms with E-state index in [1.165, 1.54) is 0 Å². The Morgan fingerprint density at radius 1 is 1.32 bits per heavy atom. The van der Waals surface area contributed by atoms with Gasteiger partial charge in [-0.2, -0.15) is 0 Å². The zero-order chi connectivity index (χ0) is 13.8. The van der Waals surface area contributed by atoms with Crippen molar-refractivity contribution in [1.29, 1.82) is 0 Å². The normalized spacial score (nSPS) is 34.2. The van der Waals surface area contributed by atoms with Crippen molar-refractivity contribution in [2.24, 2.45) is 11.8 Å². The number of piperidine rings is 1. The number of hydrogen-bond donors (Lipinski definition) is 2. The van der Waals surface area contributed by atoms with E-state index in [4.69, 9.17) is 0 Å². The molecule has 6 nitrogen and oxygen atoms in total. The molecule has 2 fully saturated rings. The van der Waals surface area contributed by atoms with Gasteiger partial charge in [-0.25, -0.2) is 9.59 Å². The molecule has 0 spiro atoms. The van der Waals surface area contributed by atoms with Crippen LogP contribution in [0.15, 0.2) is 0 Å². The van der Waals surface area contributed by atoms with Gasteiger partial charge in [0.1, 0.15) is 6.04 Å². The third-order valence-corrected chi connectivity index (χ3v) is 4.02. The molecular weight excluding hydrogens is 250 g/mol. The first kappa shape index (κ1) is 14.3. The molecule has 2 aliphatic rings. The first-order chi connectivity index (χ1) is 9.11. The second-order valence-electron chi connectivity index (χ2n) is 5.22. The third-order valence-electron chi connectivity index (χ3n) is 4.02. The Bertz CT molecular complexity index is 346. The van der Waals surface area contributed by atoms with Gasteiger partial charge in [-0.3, -0.25) is 0 Å². The maximum atomic E-state index is 12.0. The molecule has 0 aromatic rings. The highest BCUT2D eigenvalue weighted by Crippen LogP contribution is 2.37. The van der Waals surface area contributed by atoms with Gasteiger partial charge < -0.3 is 19.9 Å². The Labute approximate surface area is 112 Å². The lowest BCUT2D eigenvalue weighted by atomic mass is 9.71. The molecule has 0 radical (unpaired) electrons. The standard InChI is InChI=1S/C13H21NO5/c1-2-18-13(17)19-12(16)11-10-4-3-9(15)7-8(10)5-6-14-11/h8-11,14-15H,2-7H2,1H3. The van der Waals surface area contributed by atoms with Gasteiger partial charge in [0.05, 0.1) is 12.7 Å². The summed E-state index contributed by atoms with van der Waals surface area (Å²) < 4.78 is 9.29. The molecule has 1 aliphatic heterocycles. The molecule has 4 unspecified atom stereocenters. The zero-order valence-electron chi connectivity index (χ0n) is 11.1. The number of carbonyl (C=O) groups excluding carboxylic acids is 2. The molecule has 1 heterocycles. The van der Waals surface area contributed by atoms with Gasteiger partial charge >= 0.3 is 12.1 Å². The van der Waals surface area contributed by atoms with E-state index < -0.39 is 18.2 Å². The Hall–Kier alpha value is -1.14. The summed E-state index contributed by atoms with van der Waals surface area (Å²) in [6.45, 7) is 2.54. The van der Waals surface area contributed by atoms with Gasteiger partial charge in [-0.15, -0.1) is 0 Å². The topological polar surface area (TPSA) is 84.9 Å².